The number of amides is 3. The molecule has 8 nitrogen and oxygen atoms in total. The number of nitrogens with zero attached hydrogens (tertiary/aromatic N) is 3. The number of rotatable bonds is 15. The molecule has 0 saturated carbocycles. The lowest BCUT2D eigenvalue weighted by Crippen LogP contribution is -2.58. The minimum Gasteiger partial charge on any atom is -0.396 e. The van der Waals surface area contributed by atoms with E-state index in [1.54, 1.807) is 22.0 Å². The molecule has 8 heteroatoms. The first-order chi connectivity index (χ1) is 17.7. The van der Waals surface area contributed by atoms with Crippen LogP contribution in [-0.4, -0.2) is 93.6 Å². The van der Waals surface area contributed by atoms with Gasteiger partial charge in [0.1, 0.15) is 11.6 Å². The van der Waals surface area contributed by atoms with E-state index >= 15 is 0 Å². The first kappa shape index (κ1) is 29.4. The Labute approximate surface area is 222 Å². The molecular formula is C29H47N3O5. The molecule has 208 valence electrons. The average molecular weight is 518 g/mol. The molecule has 3 saturated heterocycles. The Kier molecular flexibility index (Phi) is 9.62. The van der Waals surface area contributed by atoms with Crippen LogP contribution in [0.25, 0.3) is 0 Å². The second-order valence-corrected chi connectivity index (χ2v) is 10.9. The Morgan fingerprint density at radius 2 is 1.86 bits per heavy atom. The van der Waals surface area contributed by atoms with Crippen molar-refractivity contribution in [2.45, 2.75) is 95.9 Å². The molecule has 0 radical (unpaired) electrons. The SMILES string of the molecule is C=CCN(CCC)C(=O)[C@H]1[C@H]2C(=O)N(CCCO)C(C(=O)N(CC=C)C(C)CCC)C23CC[C@]1(CC)O3. The number of hydrogen-bond acceptors (Lipinski definition) is 5. The van der Waals surface area contributed by atoms with E-state index in [4.69, 9.17) is 4.74 Å². The Balaban J connectivity index is 2.11. The standard InChI is InChI=1S/C29H47N3O5/c1-7-13-21(6)31(18-10-4)27(36)24-29-15-14-28(11-5,37-29)22(25(34)30(16-8-2)17-9-3)23(29)26(35)32(24)19-12-20-33/h8,10,21-24,33H,2,4,7,9,11-20H2,1,3,5-6H3/t21?,22-,23+,24?,28+,29?/m1/s1. The highest BCUT2D eigenvalue weighted by Crippen LogP contribution is 2.64. The molecule has 0 aliphatic carbocycles. The normalized spacial score (nSPS) is 30.8. The van der Waals surface area contributed by atoms with Crippen LogP contribution in [0.1, 0.15) is 72.6 Å². The van der Waals surface area contributed by atoms with Crippen LogP contribution in [-0.2, 0) is 19.1 Å². The summed E-state index contributed by atoms with van der Waals surface area (Å²) < 4.78 is 6.87. The first-order valence-electron chi connectivity index (χ1n) is 14.2. The molecule has 6 atom stereocenters. The van der Waals surface area contributed by atoms with Crippen LogP contribution >= 0.6 is 0 Å². The molecule has 37 heavy (non-hydrogen) atoms. The van der Waals surface area contributed by atoms with Gasteiger partial charge in [0.2, 0.25) is 17.7 Å². The van der Waals surface area contributed by atoms with Crippen LogP contribution in [0.15, 0.2) is 25.3 Å². The molecule has 0 aromatic rings. The van der Waals surface area contributed by atoms with Gasteiger partial charge >= 0.3 is 0 Å². The second kappa shape index (κ2) is 12.1. The Morgan fingerprint density at radius 1 is 1.16 bits per heavy atom. The lowest BCUT2D eigenvalue weighted by molar-refractivity contribution is -0.156. The third kappa shape index (κ3) is 4.87. The zero-order valence-corrected chi connectivity index (χ0v) is 23.3. The highest BCUT2D eigenvalue weighted by Gasteiger charge is 2.79. The molecule has 1 spiro atoms. The van der Waals surface area contributed by atoms with Crippen molar-refractivity contribution >= 4 is 17.7 Å². The van der Waals surface area contributed by atoms with Gasteiger partial charge in [-0.05, 0) is 45.4 Å². The molecule has 3 aliphatic rings. The Morgan fingerprint density at radius 3 is 2.43 bits per heavy atom. The molecular weight excluding hydrogens is 470 g/mol. The summed E-state index contributed by atoms with van der Waals surface area (Å²) in [6, 6.07) is -0.842. The molecule has 3 amide bonds. The fourth-order valence-electron chi connectivity index (χ4n) is 7.13. The maximum atomic E-state index is 14.3. The van der Waals surface area contributed by atoms with E-state index < -0.39 is 29.1 Å². The maximum Gasteiger partial charge on any atom is 0.248 e. The van der Waals surface area contributed by atoms with Gasteiger partial charge in [-0.3, -0.25) is 14.4 Å². The summed E-state index contributed by atoms with van der Waals surface area (Å²) in [5, 5.41) is 9.58. The lowest BCUT2D eigenvalue weighted by atomic mass is 9.64. The van der Waals surface area contributed by atoms with Gasteiger partial charge in [-0.15, -0.1) is 13.2 Å². The smallest absolute Gasteiger partial charge is 0.248 e. The highest BCUT2D eigenvalue weighted by molar-refractivity contribution is 5.99. The molecule has 3 aliphatic heterocycles. The predicted molar refractivity (Wildman–Crippen MR) is 144 cm³/mol. The van der Waals surface area contributed by atoms with Gasteiger partial charge in [-0.25, -0.2) is 0 Å². The summed E-state index contributed by atoms with van der Waals surface area (Å²) in [7, 11) is 0. The number of ether oxygens (including phenoxy) is 1. The van der Waals surface area contributed by atoms with Gasteiger partial charge in [0.15, 0.2) is 0 Å². The van der Waals surface area contributed by atoms with Crippen molar-refractivity contribution in [3.8, 4) is 0 Å². The van der Waals surface area contributed by atoms with Crippen LogP contribution in [0.5, 0.6) is 0 Å². The number of carbonyl (C=O) groups is 3. The number of likely N-dealkylation sites (tertiary alicyclic amines) is 1. The van der Waals surface area contributed by atoms with E-state index in [0.29, 0.717) is 45.3 Å². The van der Waals surface area contributed by atoms with E-state index in [0.717, 1.165) is 19.3 Å². The van der Waals surface area contributed by atoms with E-state index in [9.17, 15) is 19.5 Å². The van der Waals surface area contributed by atoms with Crippen LogP contribution < -0.4 is 0 Å². The summed E-state index contributed by atoms with van der Waals surface area (Å²) in [6.45, 7) is 17.4. The fourth-order valence-corrected chi connectivity index (χ4v) is 7.13. The van der Waals surface area contributed by atoms with Crippen molar-refractivity contribution in [1.29, 1.82) is 0 Å². The van der Waals surface area contributed by atoms with Crippen molar-refractivity contribution in [2.24, 2.45) is 11.8 Å². The third-order valence-electron chi connectivity index (χ3n) is 8.74. The zero-order chi connectivity index (χ0) is 27.4. The van der Waals surface area contributed by atoms with Gasteiger partial charge in [0.25, 0.3) is 0 Å². The van der Waals surface area contributed by atoms with Crippen molar-refractivity contribution in [3.05, 3.63) is 25.3 Å². The van der Waals surface area contributed by atoms with Gasteiger partial charge in [-0.2, -0.15) is 0 Å². The summed E-state index contributed by atoms with van der Waals surface area (Å²) >= 11 is 0. The van der Waals surface area contributed by atoms with Crippen LogP contribution in [0, 0.1) is 11.8 Å². The van der Waals surface area contributed by atoms with Gasteiger partial charge in [0.05, 0.1) is 17.4 Å². The average Bonchev–Trinajstić information content (AvgIpc) is 3.48. The predicted octanol–water partition coefficient (Wildman–Crippen LogP) is 3.15. The molecule has 0 aromatic heterocycles. The van der Waals surface area contributed by atoms with E-state index in [2.05, 4.69) is 20.1 Å². The summed E-state index contributed by atoms with van der Waals surface area (Å²) in [6.07, 6.45) is 8.16. The quantitative estimate of drug-likeness (QED) is 0.337. The minimum atomic E-state index is -1.04. The molecule has 3 unspecified atom stereocenters. The van der Waals surface area contributed by atoms with Crippen molar-refractivity contribution in [3.63, 3.8) is 0 Å². The number of aliphatic hydroxyl groups excluding tert-OH is 1. The summed E-state index contributed by atoms with van der Waals surface area (Å²) in [5.41, 5.74) is -1.80. The maximum absolute atomic E-state index is 14.3. The lowest BCUT2D eigenvalue weighted by Gasteiger charge is -2.39. The van der Waals surface area contributed by atoms with Crippen LogP contribution in [0.2, 0.25) is 0 Å². The minimum absolute atomic E-state index is 0.0236. The first-order valence-corrected chi connectivity index (χ1v) is 14.2. The molecule has 3 heterocycles. The number of hydrogen-bond donors (Lipinski definition) is 1. The van der Waals surface area contributed by atoms with Crippen molar-refractivity contribution < 1.29 is 24.2 Å². The summed E-state index contributed by atoms with van der Waals surface area (Å²) in [5.74, 6) is -1.78. The van der Waals surface area contributed by atoms with E-state index in [1.165, 1.54) is 0 Å². The van der Waals surface area contributed by atoms with Crippen molar-refractivity contribution in [2.75, 3.05) is 32.8 Å². The molecule has 3 rings (SSSR count). The molecule has 0 aromatic carbocycles. The Bertz CT molecular complexity index is 878. The Hall–Kier alpha value is -2.19. The van der Waals surface area contributed by atoms with Gasteiger partial charge < -0.3 is 24.5 Å². The monoisotopic (exact) mass is 517 g/mol. The van der Waals surface area contributed by atoms with E-state index in [-0.39, 0.29) is 36.9 Å². The van der Waals surface area contributed by atoms with Crippen LogP contribution in [0.3, 0.4) is 0 Å². The molecule has 3 fully saturated rings. The number of fused-ring (bicyclic) bond motifs is 1. The summed E-state index contributed by atoms with van der Waals surface area (Å²) in [4.78, 5) is 47.8. The second-order valence-electron chi connectivity index (χ2n) is 10.9. The largest absolute Gasteiger partial charge is 0.396 e. The zero-order valence-electron chi connectivity index (χ0n) is 23.3. The van der Waals surface area contributed by atoms with Crippen molar-refractivity contribution in [1.82, 2.24) is 14.7 Å². The third-order valence-corrected chi connectivity index (χ3v) is 8.74. The molecule has 2 bridgehead atoms. The molecule has 1 N–H and O–H groups in total. The topological polar surface area (TPSA) is 90.4 Å². The fraction of sp³-hybridized carbons (Fsp3) is 0.759. The van der Waals surface area contributed by atoms with Gasteiger partial charge in [-0.1, -0.05) is 39.3 Å². The van der Waals surface area contributed by atoms with Gasteiger partial charge in [0, 0.05) is 38.8 Å². The number of carbonyl (C=O) groups excluding carboxylic acids is 3. The highest BCUT2D eigenvalue weighted by atomic mass is 16.5. The van der Waals surface area contributed by atoms with Crippen LogP contribution in [0.4, 0.5) is 0 Å². The van der Waals surface area contributed by atoms with E-state index in [1.807, 2.05) is 25.7 Å². The number of aliphatic hydroxyl groups is 1.